The molecule has 0 fully saturated rings. The molecule has 0 unspecified atom stereocenters. The number of hydrogen-bond donors (Lipinski definition) is 2. The molecule has 0 saturated heterocycles. The van der Waals surface area contributed by atoms with E-state index in [2.05, 4.69) is 10.9 Å². The average Bonchev–Trinajstić information content (AvgIpc) is 2.52. The van der Waals surface area contributed by atoms with Crippen molar-refractivity contribution in [3.63, 3.8) is 0 Å². The SMILES string of the molecule is COc1ccc(F)cc1C(=O)NNC(=O)c1ccccc1F. The number of carbonyl (C=O) groups excluding carboxylic acids is 2. The van der Waals surface area contributed by atoms with Gasteiger partial charge in [-0.15, -0.1) is 0 Å². The second-order valence-electron chi connectivity index (χ2n) is 4.23. The zero-order chi connectivity index (χ0) is 16.1. The molecule has 2 rings (SSSR count). The maximum Gasteiger partial charge on any atom is 0.273 e. The summed E-state index contributed by atoms with van der Waals surface area (Å²) in [5.41, 5.74) is 3.80. The third-order valence-electron chi connectivity index (χ3n) is 2.81. The van der Waals surface area contributed by atoms with E-state index in [4.69, 9.17) is 4.74 Å². The summed E-state index contributed by atoms with van der Waals surface area (Å²) in [6.07, 6.45) is 0. The van der Waals surface area contributed by atoms with Crippen LogP contribution in [0.5, 0.6) is 5.75 Å². The van der Waals surface area contributed by atoms with Gasteiger partial charge in [-0.05, 0) is 30.3 Å². The number of amides is 2. The van der Waals surface area contributed by atoms with Gasteiger partial charge in [0.25, 0.3) is 11.8 Å². The standard InChI is InChI=1S/C15H12F2N2O3/c1-22-13-7-6-9(16)8-11(13)15(21)19-18-14(20)10-4-2-3-5-12(10)17/h2-8H,1H3,(H,18,20)(H,19,21). The molecule has 0 bridgehead atoms. The molecule has 0 saturated carbocycles. The fourth-order valence-electron chi connectivity index (χ4n) is 1.75. The van der Waals surface area contributed by atoms with Crippen LogP contribution >= 0.6 is 0 Å². The number of hydrazine groups is 1. The number of benzene rings is 2. The Morgan fingerprint density at radius 1 is 0.955 bits per heavy atom. The third-order valence-corrected chi connectivity index (χ3v) is 2.81. The van der Waals surface area contributed by atoms with Crippen LogP contribution in [0.3, 0.4) is 0 Å². The van der Waals surface area contributed by atoms with Crippen LogP contribution in [0.4, 0.5) is 8.78 Å². The Hall–Kier alpha value is -2.96. The van der Waals surface area contributed by atoms with Crippen LogP contribution in [0, 0.1) is 11.6 Å². The van der Waals surface area contributed by atoms with Gasteiger partial charge in [0.2, 0.25) is 0 Å². The van der Waals surface area contributed by atoms with E-state index in [9.17, 15) is 18.4 Å². The van der Waals surface area contributed by atoms with Crippen LogP contribution in [-0.4, -0.2) is 18.9 Å². The number of nitrogens with one attached hydrogen (secondary N) is 2. The van der Waals surface area contributed by atoms with Gasteiger partial charge in [-0.2, -0.15) is 0 Å². The van der Waals surface area contributed by atoms with Gasteiger partial charge in [0.15, 0.2) is 0 Å². The summed E-state index contributed by atoms with van der Waals surface area (Å²) in [4.78, 5) is 23.7. The Morgan fingerprint density at radius 3 is 2.23 bits per heavy atom. The van der Waals surface area contributed by atoms with Crippen LogP contribution in [-0.2, 0) is 0 Å². The predicted octanol–water partition coefficient (Wildman–Crippen LogP) is 2.05. The number of halogens is 2. The zero-order valence-corrected chi connectivity index (χ0v) is 11.5. The van der Waals surface area contributed by atoms with Crippen LogP contribution in [0.25, 0.3) is 0 Å². The number of methoxy groups -OCH3 is 1. The van der Waals surface area contributed by atoms with Crippen molar-refractivity contribution >= 4 is 11.8 Å². The van der Waals surface area contributed by atoms with Crippen molar-refractivity contribution in [2.75, 3.05) is 7.11 Å². The Morgan fingerprint density at radius 2 is 1.59 bits per heavy atom. The third kappa shape index (κ3) is 3.38. The van der Waals surface area contributed by atoms with E-state index < -0.39 is 23.4 Å². The first-order valence-corrected chi connectivity index (χ1v) is 6.21. The van der Waals surface area contributed by atoms with Gasteiger partial charge in [0.1, 0.15) is 17.4 Å². The van der Waals surface area contributed by atoms with Crippen molar-refractivity contribution in [3.8, 4) is 5.75 Å². The second kappa shape index (κ2) is 6.66. The van der Waals surface area contributed by atoms with Crippen molar-refractivity contribution in [2.45, 2.75) is 0 Å². The van der Waals surface area contributed by atoms with Crippen molar-refractivity contribution in [2.24, 2.45) is 0 Å². The van der Waals surface area contributed by atoms with E-state index in [1.54, 1.807) is 0 Å². The molecule has 2 N–H and O–H groups in total. The van der Waals surface area contributed by atoms with E-state index >= 15 is 0 Å². The van der Waals surface area contributed by atoms with Crippen LogP contribution < -0.4 is 15.6 Å². The van der Waals surface area contributed by atoms with E-state index in [1.807, 2.05) is 0 Å². The van der Waals surface area contributed by atoms with E-state index in [0.717, 1.165) is 18.2 Å². The summed E-state index contributed by atoms with van der Waals surface area (Å²) < 4.78 is 31.5. The minimum Gasteiger partial charge on any atom is -0.496 e. The topological polar surface area (TPSA) is 67.4 Å². The largest absolute Gasteiger partial charge is 0.496 e. The summed E-state index contributed by atoms with van der Waals surface area (Å²) in [5.74, 6) is -2.84. The fraction of sp³-hybridized carbons (Fsp3) is 0.0667. The Labute approximate surface area is 124 Å². The molecule has 0 aliphatic heterocycles. The smallest absolute Gasteiger partial charge is 0.273 e. The molecule has 0 atom stereocenters. The van der Waals surface area contributed by atoms with Crippen LogP contribution in [0.2, 0.25) is 0 Å². The Bertz CT molecular complexity index is 720. The maximum absolute atomic E-state index is 13.4. The van der Waals surface area contributed by atoms with Crippen LogP contribution in [0.15, 0.2) is 42.5 Å². The molecule has 7 heteroatoms. The van der Waals surface area contributed by atoms with Crippen LogP contribution in [0.1, 0.15) is 20.7 Å². The lowest BCUT2D eigenvalue weighted by Crippen LogP contribution is -2.42. The molecular weight excluding hydrogens is 294 g/mol. The zero-order valence-electron chi connectivity index (χ0n) is 11.5. The lowest BCUT2D eigenvalue weighted by Gasteiger charge is -2.10. The van der Waals surface area contributed by atoms with Crippen molar-refractivity contribution in [3.05, 3.63) is 65.2 Å². The highest BCUT2D eigenvalue weighted by Crippen LogP contribution is 2.18. The highest BCUT2D eigenvalue weighted by molar-refractivity contribution is 6.00. The Balaban J connectivity index is 2.09. The first-order valence-electron chi connectivity index (χ1n) is 6.21. The highest BCUT2D eigenvalue weighted by Gasteiger charge is 2.16. The molecule has 2 aromatic carbocycles. The lowest BCUT2D eigenvalue weighted by molar-refractivity contribution is 0.0842. The predicted molar refractivity (Wildman–Crippen MR) is 74.3 cm³/mol. The summed E-state index contributed by atoms with van der Waals surface area (Å²) in [5, 5.41) is 0. The van der Waals surface area contributed by atoms with Gasteiger partial charge in [-0.3, -0.25) is 20.4 Å². The monoisotopic (exact) mass is 306 g/mol. The number of ether oxygens (including phenoxy) is 1. The molecule has 5 nitrogen and oxygen atoms in total. The summed E-state index contributed by atoms with van der Waals surface area (Å²) in [7, 11) is 1.32. The van der Waals surface area contributed by atoms with E-state index in [1.165, 1.54) is 31.4 Å². The van der Waals surface area contributed by atoms with Gasteiger partial charge in [-0.1, -0.05) is 12.1 Å². The summed E-state index contributed by atoms with van der Waals surface area (Å²) in [6, 6.07) is 8.67. The molecule has 2 aromatic rings. The molecule has 0 aromatic heterocycles. The van der Waals surface area contributed by atoms with Gasteiger partial charge in [0, 0.05) is 0 Å². The molecule has 0 radical (unpaired) electrons. The molecule has 0 spiro atoms. The number of hydrogen-bond acceptors (Lipinski definition) is 3. The first kappa shape index (κ1) is 15.4. The maximum atomic E-state index is 13.4. The molecular formula is C15H12F2N2O3. The first-order chi connectivity index (χ1) is 10.5. The van der Waals surface area contributed by atoms with Gasteiger partial charge in [-0.25, -0.2) is 8.78 Å². The molecule has 0 aliphatic carbocycles. The number of rotatable bonds is 3. The summed E-state index contributed by atoms with van der Waals surface area (Å²) >= 11 is 0. The minimum atomic E-state index is -0.832. The molecule has 22 heavy (non-hydrogen) atoms. The van der Waals surface area contributed by atoms with Gasteiger partial charge < -0.3 is 4.74 Å². The molecule has 2 amide bonds. The highest BCUT2D eigenvalue weighted by atomic mass is 19.1. The fourth-order valence-corrected chi connectivity index (χ4v) is 1.75. The molecule has 114 valence electrons. The van der Waals surface area contributed by atoms with E-state index in [-0.39, 0.29) is 16.9 Å². The second-order valence-corrected chi connectivity index (χ2v) is 4.23. The molecule has 0 heterocycles. The quantitative estimate of drug-likeness (QED) is 0.853. The Kier molecular flexibility index (Phi) is 4.67. The van der Waals surface area contributed by atoms with Gasteiger partial charge in [0.05, 0.1) is 18.2 Å². The molecule has 0 aliphatic rings. The summed E-state index contributed by atoms with van der Waals surface area (Å²) in [6.45, 7) is 0. The number of carbonyl (C=O) groups is 2. The van der Waals surface area contributed by atoms with Crippen molar-refractivity contribution < 1.29 is 23.1 Å². The van der Waals surface area contributed by atoms with Gasteiger partial charge >= 0.3 is 0 Å². The van der Waals surface area contributed by atoms with E-state index in [0.29, 0.717) is 0 Å². The normalized spacial score (nSPS) is 9.95. The van der Waals surface area contributed by atoms with Crippen molar-refractivity contribution in [1.29, 1.82) is 0 Å². The minimum absolute atomic E-state index is 0.101. The average molecular weight is 306 g/mol. The van der Waals surface area contributed by atoms with Crippen molar-refractivity contribution in [1.82, 2.24) is 10.9 Å². The lowest BCUT2D eigenvalue weighted by atomic mass is 10.2.